The van der Waals surface area contributed by atoms with Gasteiger partial charge in [0.2, 0.25) is 5.95 Å². The van der Waals surface area contributed by atoms with Crippen LogP contribution in [-0.4, -0.2) is 46.3 Å². The van der Waals surface area contributed by atoms with Crippen LogP contribution in [0.5, 0.6) is 0 Å². The molecule has 100 valence electrons. The van der Waals surface area contributed by atoms with E-state index in [1.54, 1.807) is 6.33 Å². The van der Waals surface area contributed by atoms with Crippen molar-refractivity contribution in [3.63, 3.8) is 0 Å². The number of piperazine rings is 1. The highest BCUT2D eigenvalue weighted by Crippen LogP contribution is 2.13. The number of aromatic nitrogens is 3. The highest BCUT2D eigenvalue weighted by molar-refractivity contribution is 5.39. The summed E-state index contributed by atoms with van der Waals surface area (Å²) in [7, 11) is 0. The molecule has 1 aliphatic rings. The van der Waals surface area contributed by atoms with Crippen LogP contribution in [0.1, 0.15) is 5.56 Å². The monoisotopic (exact) mass is 258 g/mol. The van der Waals surface area contributed by atoms with Crippen LogP contribution >= 0.6 is 0 Å². The minimum atomic E-state index is 0.818. The summed E-state index contributed by atoms with van der Waals surface area (Å²) in [6.45, 7) is 5.00. The number of hydrogen-bond donors (Lipinski definition) is 2. The summed E-state index contributed by atoms with van der Waals surface area (Å²) >= 11 is 0. The summed E-state index contributed by atoms with van der Waals surface area (Å²) < 4.78 is 0. The lowest BCUT2D eigenvalue weighted by Gasteiger charge is -2.34. The van der Waals surface area contributed by atoms with Gasteiger partial charge in [-0.25, -0.2) is 5.10 Å². The van der Waals surface area contributed by atoms with E-state index in [9.17, 15) is 0 Å². The predicted molar refractivity (Wildman–Crippen MR) is 74.7 cm³/mol. The largest absolute Gasteiger partial charge is 0.399 e. The van der Waals surface area contributed by atoms with Gasteiger partial charge in [0.1, 0.15) is 6.33 Å². The van der Waals surface area contributed by atoms with E-state index in [0.717, 1.165) is 44.4 Å². The number of benzene rings is 1. The van der Waals surface area contributed by atoms with Crippen LogP contribution in [0, 0.1) is 0 Å². The second-order valence-electron chi connectivity index (χ2n) is 4.81. The first kappa shape index (κ1) is 12.0. The first-order chi connectivity index (χ1) is 9.31. The molecule has 0 atom stereocenters. The zero-order valence-electron chi connectivity index (χ0n) is 10.8. The molecule has 0 unspecified atom stereocenters. The lowest BCUT2D eigenvalue weighted by atomic mass is 10.2. The van der Waals surface area contributed by atoms with Crippen molar-refractivity contribution in [3.8, 4) is 0 Å². The fourth-order valence-corrected chi connectivity index (χ4v) is 2.35. The van der Waals surface area contributed by atoms with E-state index in [-0.39, 0.29) is 0 Å². The molecule has 2 heterocycles. The van der Waals surface area contributed by atoms with Gasteiger partial charge in [0, 0.05) is 38.4 Å². The Bertz CT molecular complexity index is 498. The van der Waals surface area contributed by atoms with Crippen molar-refractivity contribution in [2.75, 3.05) is 36.8 Å². The second kappa shape index (κ2) is 5.27. The predicted octanol–water partition coefficient (Wildman–Crippen LogP) is 0.709. The number of rotatable bonds is 3. The maximum Gasteiger partial charge on any atom is 0.221 e. The number of nitrogen functional groups attached to an aromatic ring is 1. The Labute approximate surface area is 112 Å². The van der Waals surface area contributed by atoms with Crippen LogP contribution in [0.3, 0.4) is 0 Å². The molecule has 0 aliphatic carbocycles. The molecule has 6 nitrogen and oxygen atoms in total. The van der Waals surface area contributed by atoms with E-state index in [2.05, 4.69) is 37.1 Å². The molecule has 1 aromatic carbocycles. The first-order valence-corrected chi connectivity index (χ1v) is 6.48. The standard InChI is InChI=1S/C13H18N6/c14-12-3-1-11(2-4-12)9-18-5-7-19(8-6-18)13-15-10-16-17-13/h1-4,10H,5-9,14H2,(H,15,16,17). The van der Waals surface area contributed by atoms with Gasteiger partial charge < -0.3 is 10.6 Å². The maximum atomic E-state index is 5.70. The molecule has 0 amide bonds. The van der Waals surface area contributed by atoms with Crippen molar-refractivity contribution in [1.82, 2.24) is 20.1 Å². The normalized spacial score (nSPS) is 16.7. The Morgan fingerprint density at radius 1 is 1.11 bits per heavy atom. The Kier molecular flexibility index (Phi) is 3.33. The number of hydrogen-bond acceptors (Lipinski definition) is 5. The van der Waals surface area contributed by atoms with Crippen molar-refractivity contribution in [2.24, 2.45) is 0 Å². The van der Waals surface area contributed by atoms with Crippen molar-refractivity contribution in [3.05, 3.63) is 36.2 Å². The molecule has 1 aliphatic heterocycles. The molecule has 0 radical (unpaired) electrons. The molecule has 19 heavy (non-hydrogen) atoms. The third kappa shape index (κ3) is 2.85. The van der Waals surface area contributed by atoms with Gasteiger partial charge in [-0.1, -0.05) is 12.1 Å². The van der Waals surface area contributed by atoms with Crippen molar-refractivity contribution in [1.29, 1.82) is 0 Å². The second-order valence-corrected chi connectivity index (χ2v) is 4.81. The van der Waals surface area contributed by atoms with Crippen molar-refractivity contribution in [2.45, 2.75) is 6.54 Å². The Morgan fingerprint density at radius 3 is 2.47 bits per heavy atom. The van der Waals surface area contributed by atoms with Gasteiger partial charge in [-0.05, 0) is 17.7 Å². The van der Waals surface area contributed by atoms with Crippen LogP contribution in [0.4, 0.5) is 11.6 Å². The van der Waals surface area contributed by atoms with Crippen LogP contribution < -0.4 is 10.6 Å². The van der Waals surface area contributed by atoms with E-state index < -0.39 is 0 Å². The molecule has 1 aromatic heterocycles. The van der Waals surface area contributed by atoms with Crippen LogP contribution in [0.25, 0.3) is 0 Å². The van der Waals surface area contributed by atoms with Crippen molar-refractivity contribution >= 4 is 11.6 Å². The zero-order chi connectivity index (χ0) is 13.1. The van der Waals surface area contributed by atoms with Gasteiger partial charge >= 0.3 is 0 Å². The van der Waals surface area contributed by atoms with Gasteiger partial charge in [-0.2, -0.15) is 10.1 Å². The number of anilines is 2. The fraction of sp³-hybridized carbons (Fsp3) is 0.385. The third-order valence-electron chi connectivity index (χ3n) is 3.46. The summed E-state index contributed by atoms with van der Waals surface area (Å²) in [6, 6.07) is 8.11. The first-order valence-electron chi connectivity index (χ1n) is 6.48. The Hall–Kier alpha value is -2.08. The SMILES string of the molecule is Nc1ccc(CN2CCN(c3ncn[nH]3)CC2)cc1. The number of nitrogens with one attached hydrogen (secondary N) is 1. The maximum absolute atomic E-state index is 5.70. The van der Waals surface area contributed by atoms with Gasteiger partial charge in [-0.3, -0.25) is 4.90 Å². The van der Waals surface area contributed by atoms with Crippen molar-refractivity contribution < 1.29 is 0 Å². The molecule has 6 heteroatoms. The lowest BCUT2D eigenvalue weighted by Crippen LogP contribution is -2.46. The molecule has 1 fully saturated rings. The molecule has 3 rings (SSSR count). The number of H-pyrrole nitrogens is 1. The zero-order valence-corrected chi connectivity index (χ0v) is 10.8. The van der Waals surface area contributed by atoms with Crippen LogP contribution in [-0.2, 0) is 6.54 Å². The van der Waals surface area contributed by atoms with Crippen LogP contribution in [0.15, 0.2) is 30.6 Å². The minimum absolute atomic E-state index is 0.818. The lowest BCUT2D eigenvalue weighted by molar-refractivity contribution is 0.249. The quantitative estimate of drug-likeness (QED) is 0.793. The summed E-state index contributed by atoms with van der Waals surface area (Å²) in [5, 5.41) is 6.80. The topological polar surface area (TPSA) is 74.1 Å². The van der Waals surface area contributed by atoms with Crippen LogP contribution in [0.2, 0.25) is 0 Å². The summed E-state index contributed by atoms with van der Waals surface area (Å²) in [4.78, 5) is 8.86. The molecule has 0 saturated carbocycles. The van der Waals surface area contributed by atoms with E-state index in [4.69, 9.17) is 5.73 Å². The number of nitrogens with two attached hydrogens (primary N) is 1. The fourth-order valence-electron chi connectivity index (χ4n) is 2.35. The average Bonchev–Trinajstić information content (AvgIpc) is 2.96. The average molecular weight is 258 g/mol. The molecule has 0 spiro atoms. The molecular weight excluding hydrogens is 240 g/mol. The van der Waals surface area contributed by atoms with Gasteiger partial charge in [0.25, 0.3) is 0 Å². The number of nitrogens with zero attached hydrogens (tertiary/aromatic N) is 4. The van der Waals surface area contributed by atoms with E-state index >= 15 is 0 Å². The van der Waals surface area contributed by atoms with Gasteiger partial charge in [0.05, 0.1) is 0 Å². The summed E-state index contributed by atoms with van der Waals surface area (Å²) in [5.74, 6) is 0.868. The molecule has 3 N–H and O–H groups in total. The number of aromatic amines is 1. The Morgan fingerprint density at radius 2 is 1.84 bits per heavy atom. The molecule has 2 aromatic rings. The minimum Gasteiger partial charge on any atom is -0.399 e. The highest BCUT2D eigenvalue weighted by Gasteiger charge is 2.18. The third-order valence-corrected chi connectivity index (χ3v) is 3.46. The van der Waals surface area contributed by atoms with E-state index in [0.29, 0.717) is 0 Å². The highest BCUT2D eigenvalue weighted by atomic mass is 15.4. The molecule has 1 saturated heterocycles. The van der Waals surface area contributed by atoms with E-state index in [1.165, 1.54) is 5.56 Å². The summed E-state index contributed by atoms with van der Waals surface area (Å²) in [6.07, 6.45) is 1.55. The van der Waals surface area contributed by atoms with Gasteiger partial charge in [0.15, 0.2) is 0 Å². The Balaban J connectivity index is 1.54. The van der Waals surface area contributed by atoms with Gasteiger partial charge in [-0.15, -0.1) is 0 Å². The molecular formula is C13H18N6. The smallest absolute Gasteiger partial charge is 0.221 e. The molecule has 0 bridgehead atoms. The summed E-state index contributed by atoms with van der Waals surface area (Å²) in [5.41, 5.74) is 7.82. The van der Waals surface area contributed by atoms with E-state index in [1.807, 2.05) is 12.1 Å².